The van der Waals surface area contributed by atoms with Crippen molar-refractivity contribution >= 4 is 16.9 Å². The number of methoxy groups -OCH3 is 1. The average molecular weight is 231 g/mol. The standard InChI is InChI=1S/C13H17N3O/c1-3-4-7-14-13-15-9-10-8-11(17-2)5-6-12(10)16-13/h5-6,8-9H,3-4,7H2,1-2H3,(H,14,15,16). The van der Waals surface area contributed by atoms with E-state index in [1.54, 1.807) is 7.11 Å². The number of rotatable bonds is 5. The van der Waals surface area contributed by atoms with Gasteiger partial charge in [0.25, 0.3) is 0 Å². The molecule has 0 aliphatic carbocycles. The third-order valence-corrected chi connectivity index (χ3v) is 2.60. The van der Waals surface area contributed by atoms with Gasteiger partial charge in [-0.1, -0.05) is 13.3 Å². The Bertz CT molecular complexity index is 499. The molecule has 90 valence electrons. The predicted molar refractivity (Wildman–Crippen MR) is 69.5 cm³/mol. The van der Waals surface area contributed by atoms with Gasteiger partial charge in [0.1, 0.15) is 5.75 Å². The van der Waals surface area contributed by atoms with Crippen molar-refractivity contribution in [2.45, 2.75) is 19.8 Å². The number of fused-ring (bicyclic) bond motifs is 1. The lowest BCUT2D eigenvalue weighted by Gasteiger charge is -2.05. The molecule has 0 fully saturated rings. The highest BCUT2D eigenvalue weighted by Crippen LogP contribution is 2.19. The van der Waals surface area contributed by atoms with Crippen LogP contribution in [-0.2, 0) is 0 Å². The monoisotopic (exact) mass is 231 g/mol. The number of benzene rings is 1. The van der Waals surface area contributed by atoms with Crippen LogP contribution >= 0.6 is 0 Å². The van der Waals surface area contributed by atoms with Crippen molar-refractivity contribution < 1.29 is 4.74 Å². The Morgan fingerprint density at radius 2 is 2.24 bits per heavy atom. The van der Waals surface area contributed by atoms with Gasteiger partial charge in [0.15, 0.2) is 0 Å². The molecule has 0 spiro atoms. The van der Waals surface area contributed by atoms with E-state index >= 15 is 0 Å². The summed E-state index contributed by atoms with van der Waals surface area (Å²) in [4.78, 5) is 8.72. The van der Waals surface area contributed by atoms with Crippen molar-refractivity contribution in [1.29, 1.82) is 0 Å². The van der Waals surface area contributed by atoms with Crippen molar-refractivity contribution in [1.82, 2.24) is 9.97 Å². The Morgan fingerprint density at radius 3 is 3.00 bits per heavy atom. The Labute approximate surface area is 101 Å². The van der Waals surface area contributed by atoms with Crippen LogP contribution in [0.4, 0.5) is 5.95 Å². The molecule has 0 saturated heterocycles. The fourth-order valence-electron chi connectivity index (χ4n) is 1.60. The highest BCUT2D eigenvalue weighted by atomic mass is 16.5. The van der Waals surface area contributed by atoms with Gasteiger partial charge in [-0.3, -0.25) is 0 Å². The summed E-state index contributed by atoms with van der Waals surface area (Å²) in [5.74, 6) is 1.52. The number of hydrogen-bond acceptors (Lipinski definition) is 4. The van der Waals surface area contributed by atoms with Crippen LogP contribution in [0, 0.1) is 0 Å². The number of anilines is 1. The van der Waals surface area contributed by atoms with E-state index in [2.05, 4.69) is 22.2 Å². The molecule has 4 heteroatoms. The number of nitrogens with one attached hydrogen (secondary N) is 1. The number of aromatic nitrogens is 2. The van der Waals surface area contributed by atoms with Crippen molar-refractivity contribution in [3.8, 4) is 5.75 Å². The molecule has 0 aliphatic rings. The Kier molecular flexibility index (Phi) is 3.75. The minimum absolute atomic E-state index is 0.691. The summed E-state index contributed by atoms with van der Waals surface area (Å²) in [7, 11) is 1.66. The third kappa shape index (κ3) is 2.84. The van der Waals surface area contributed by atoms with Gasteiger partial charge >= 0.3 is 0 Å². The molecule has 2 rings (SSSR count). The fraction of sp³-hybridized carbons (Fsp3) is 0.385. The minimum atomic E-state index is 0.691. The maximum absolute atomic E-state index is 5.16. The van der Waals surface area contributed by atoms with Gasteiger partial charge in [-0.15, -0.1) is 0 Å². The smallest absolute Gasteiger partial charge is 0.223 e. The molecule has 1 aromatic heterocycles. The largest absolute Gasteiger partial charge is 0.497 e. The third-order valence-electron chi connectivity index (χ3n) is 2.60. The van der Waals surface area contributed by atoms with Crippen LogP contribution in [0.3, 0.4) is 0 Å². The maximum atomic E-state index is 5.16. The Balaban J connectivity index is 2.19. The van der Waals surface area contributed by atoms with Crippen LogP contribution in [-0.4, -0.2) is 23.6 Å². The molecule has 0 saturated carbocycles. The first kappa shape index (κ1) is 11.6. The molecule has 0 aliphatic heterocycles. The summed E-state index contributed by atoms with van der Waals surface area (Å²) in [5, 5.41) is 4.20. The number of ether oxygens (including phenoxy) is 1. The van der Waals surface area contributed by atoms with Crippen LogP contribution in [0.2, 0.25) is 0 Å². The lowest BCUT2D eigenvalue weighted by atomic mass is 10.2. The second-order valence-electron chi connectivity index (χ2n) is 3.90. The second-order valence-corrected chi connectivity index (χ2v) is 3.90. The van der Waals surface area contributed by atoms with E-state index < -0.39 is 0 Å². The van der Waals surface area contributed by atoms with Crippen molar-refractivity contribution in [2.75, 3.05) is 19.0 Å². The topological polar surface area (TPSA) is 47.0 Å². The fourth-order valence-corrected chi connectivity index (χ4v) is 1.60. The van der Waals surface area contributed by atoms with Crippen LogP contribution in [0.5, 0.6) is 5.75 Å². The van der Waals surface area contributed by atoms with Gasteiger partial charge in [-0.25, -0.2) is 9.97 Å². The molecule has 2 aromatic rings. The molecular weight excluding hydrogens is 214 g/mol. The first-order chi connectivity index (χ1) is 8.33. The summed E-state index contributed by atoms with van der Waals surface area (Å²) in [5.41, 5.74) is 0.930. The summed E-state index contributed by atoms with van der Waals surface area (Å²) in [6, 6.07) is 5.79. The summed E-state index contributed by atoms with van der Waals surface area (Å²) >= 11 is 0. The van der Waals surface area contributed by atoms with E-state index in [1.807, 2.05) is 24.4 Å². The van der Waals surface area contributed by atoms with Crippen molar-refractivity contribution in [3.05, 3.63) is 24.4 Å². The second kappa shape index (κ2) is 5.48. The summed E-state index contributed by atoms with van der Waals surface area (Å²) in [6.45, 7) is 3.08. The lowest BCUT2D eigenvalue weighted by molar-refractivity contribution is 0.415. The number of hydrogen-bond donors (Lipinski definition) is 1. The minimum Gasteiger partial charge on any atom is -0.497 e. The highest BCUT2D eigenvalue weighted by Gasteiger charge is 2.00. The quantitative estimate of drug-likeness (QED) is 0.804. The number of nitrogens with zero attached hydrogens (tertiary/aromatic N) is 2. The molecule has 0 amide bonds. The number of unbranched alkanes of at least 4 members (excludes halogenated alkanes) is 1. The van der Waals surface area contributed by atoms with Crippen molar-refractivity contribution in [2.24, 2.45) is 0 Å². The molecule has 1 N–H and O–H groups in total. The summed E-state index contributed by atoms with van der Waals surface area (Å²) < 4.78 is 5.16. The van der Waals surface area contributed by atoms with Gasteiger partial charge < -0.3 is 10.1 Å². The average Bonchev–Trinajstić information content (AvgIpc) is 2.38. The molecule has 0 unspecified atom stereocenters. The predicted octanol–water partition coefficient (Wildman–Crippen LogP) is 2.85. The zero-order valence-corrected chi connectivity index (χ0v) is 10.2. The van der Waals surface area contributed by atoms with Crippen LogP contribution < -0.4 is 10.1 Å². The van der Waals surface area contributed by atoms with Gasteiger partial charge in [-0.2, -0.15) is 0 Å². The Morgan fingerprint density at radius 1 is 1.35 bits per heavy atom. The zero-order chi connectivity index (χ0) is 12.1. The van der Waals surface area contributed by atoms with E-state index in [-0.39, 0.29) is 0 Å². The van der Waals surface area contributed by atoms with E-state index in [4.69, 9.17) is 4.74 Å². The molecular formula is C13H17N3O. The molecule has 17 heavy (non-hydrogen) atoms. The molecule has 0 atom stereocenters. The lowest BCUT2D eigenvalue weighted by Crippen LogP contribution is -2.04. The van der Waals surface area contributed by atoms with Gasteiger partial charge in [-0.05, 0) is 24.6 Å². The molecule has 1 heterocycles. The SMILES string of the molecule is CCCCNc1ncc2cc(OC)ccc2n1. The zero-order valence-electron chi connectivity index (χ0n) is 10.2. The van der Waals surface area contributed by atoms with E-state index in [9.17, 15) is 0 Å². The van der Waals surface area contributed by atoms with E-state index in [0.29, 0.717) is 5.95 Å². The van der Waals surface area contributed by atoms with Crippen LogP contribution in [0.25, 0.3) is 10.9 Å². The van der Waals surface area contributed by atoms with E-state index in [0.717, 1.165) is 36.0 Å². The molecule has 0 radical (unpaired) electrons. The molecule has 0 bridgehead atoms. The van der Waals surface area contributed by atoms with Gasteiger partial charge in [0.2, 0.25) is 5.95 Å². The normalized spacial score (nSPS) is 10.5. The van der Waals surface area contributed by atoms with Crippen molar-refractivity contribution in [3.63, 3.8) is 0 Å². The van der Waals surface area contributed by atoms with Gasteiger partial charge in [0, 0.05) is 18.1 Å². The highest BCUT2D eigenvalue weighted by molar-refractivity contribution is 5.80. The van der Waals surface area contributed by atoms with Gasteiger partial charge in [0.05, 0.1) is 12.6 Å². The first-order valence-electron chi connectivity index (χ1n) is 5.88. The molecule has 1 aromatic carbocycles. The first-order valence-corrected chi connectivity index (χ1v) is 5.88. The summed E-state index contributed by atoms with van der Waals surface area (Å²) in [6.07, 6.45) is 4.11. The van der Waals surface area contributed by atoms with Crippen LogP contribution in [0.15, 0.2) is 24.4 Å². The Hall–Kier alpha value is -1.84. The maximum Gasteiger partial charge on any atom is 0.223 e. The van der Waals surface area contributed by atoms with Crippen LogP contribution in [0.1, 0.15) is 19.8 Å². The van der Waals surface area contributed by atoms with E-state index in [1.165, 1.54) is 0 Å². The molecule has 4 nitrogen and oxygen atoms in total.